The maximum atomic E-state index is 12.4. The Morgan fingerprint density at radius 3 is 2.39 bits per heavy atom. The van der Waals surface area contributed by atoms with Gasteiger partial charge in [-0.25, -0.2) is 0 Å². The molecule has 0 radical (unpaired) electrons. The number of hydrogen-bond donors (Lipinski definition) is 1. The van der Waals surface area contributed by atoms with Gasteiger partial charge in [-0.05, 0) is 17.7 Å². The van der Waals surface area contributed by atoms with Crippen LogP contribution in [0.15, 0.2) is 65.1 Å². The number of carbonyl (C=O) groups excluding carboxylic acids is 2. The molecule has 144 valence electrons. The largest absolute Gasteiger partial charge is 0.469 e. The summed E-state index contributed by atoms with van der Waals surface area (Å²) in [6, 6.07) is 18.3. The SMILES string of the molecule is COC(=O)CC(NC(=O)CCc1nnc(-c2ccccc2)o1)c1ccccc1. The van der Waals surface area contributed by atoms with Crippen molar-refractivity contribution in [3.8, 4) is 11.5 Å². The van der Waals surface area contributed by atoms with Crippen LogP contribution in [0.1, 0.15) is 30.3 Å². The molecule has 0 saturated heterocycles. The lowest BCUT2D eigenvalue weighted by molar-refractivity contribution is -0.141. The summed E-state index contributed by atoms with van der Waals surface area (Å²) in [6.07, 6.45) is 0.539. The molecule has 1 atom stereocenters. The predicted molar refractivity (Wildman–Crippen MR) is 102 cm³/mol. The number of rotatable bonds is 8. The van der Waals surface area contributed by atoms with Crippen LogP contribution in [0.25, 0.3) is 11.5 Å². The van der Waals surface area contributed by atoms with Crippen molar-refractivity contribution in [2.45, 2.75) is 25.3 Å². The minimum atomic E-state index is -0.455. The topological polar surface area (TPSA) is 94.3 Å². The average Bonchev–Trinajstić information content (AvgIpc) is 3.22. The fraction of sp³-hybridized carbons (Fsp3) is 0.238. The van der Waals surface area contributed by atoms with E-state index in [4.69, 9.17) is 9.15 Å². The fourth-order valence-electron chi connectivity index (χ4n) is 2.73. The first kappa shape index (κ1) is 19.3. The Morgan fingerprint density at radius 2 is 1.71 bits per heavy atom. The molecule has 0 spiro atoms. The monoisotopic (exact) mass is 379 g/mol. The minimum absolute atomic E-state index is 0.0605. The molecule has 0 saturated carbocycles. The van der Waals surface area contributed by atoms with Crippen LogP contribution in [0.5, 0.6) is 0 Å². The van der Waals surface area contributed by atoms with E-state index in [0.29, 0.717) is 18.2 Å². The highest BCUT2D eigenvalue weighted by Crippen LogP contribution is 2.19. The summed E-state index contributed by atoms with van der Waals surface area (Å²) < 4.78 is 10.3. The molecule has 28 heavy (non-hydrogen) atoms. The molecule has 7 heteroatoms. The molecule has 0 aliphatic rings. The van der Waals surface area contributed by atoms with Gasteiger partial charge in [0.2, 0.25) is 17.7 Å². The number of hydrogen-bond acceptors (Lipinski definition) is 6. The molecule has 3 rings (SSSR count). The third-order valence-electron chi connectivity index (χ3n) is 4.19. The van der Waals surface area contributed by atoms with Crippen molar-refractivity contribution in [1.82, 2.24) is 15.5 Å². The van der Waals surface area contributed by atoms with E-state index in [1.807, 2.05) is 60.7 Å². The third-order valence-corrected chi connectivity index (χ3v) is 4.19. The summed E-state index contributed by atoms with van der Waals surface area (Å²) in [5, 5.41) is 10.9. The number of nitrogens with zero attached hydrogens (tertiary/aromatic N) is 2. The number of benzene rings is 2. The van der Waals surface area contributed by atoms with E-state index in [1.165, 1.54) is 7.11 Å². The summed E-state index contributed by atoms with van der Waals surface area (Å²) in [5.41, 5.74) is 1.67. The Labute approximate surface area is 162 Å². The van der Waals surface area contributed by atoms with Gasteiger partial charge >= 0.3 is 5.97 Å². The van der Waals surface area contributed by atoms with Gasteiger partial charge in [0.25, 0.3) is 0 Å². The van der Waals surface area contributed by atoms with Gasteiger partial charge in [0, 0.05) is 18.4 Å². The molecular formula is C21H21N3O4. The van der Waals surface area contributed by atoms with Crippen LogP contribution in [-0.4, -0.2) is 29.2 Å². The highest BCUT2D eigenvalue weighted by atomic mass is 16.5. The van der Waals surface area contributed by atoms with E-state index < -0.39 is 12.0 Å². The molecule has 2 aromatic carbocycles. The van der Waals surface area contributed by atoms with Crippen molar-refractivity contribution in [1.29, 1.82) is 0 Å². The smallest absolute Gasteiger partial charge is 0.307 e. The molecule has 0 aliphatic heterocycles. The molecule has 1 heterocycles. The second-order valence-corrected chi connectivity index (χ2v) is 6.18. The van der Waals surface area contributed by atoms with E-state index in [2.05, 4.69) is 15.5 Å². The van der Waals surface area contributed by atoms with Gasteiger partial charge in [0.05, 0.1) is 19.6 Å². The predicted octanol–water partition coefficient (Wildman–Crippen LogP) is 3.09. The molecule has 3 aromatic rings. The summed E-state index contributed by atoms with van der Waals surface area (Å²) in [4.78, 5) is 24.1. The van der Waals surface area contributed by atoms with E-state index in [9.17, 15) is 9.59 Å². The lowest BCUT2D eigenvalue weighted by Gasteiger charge is -2.18. The van der Waals surface area contributed by atoms with Gasteiger partial charge in [-0.15, -0.1) is 10.2 Å². The number of aryl methyl sites for hydroxylation is 1. The van der Waals surface area contributed by atoms with Crippen molar-refractivity contribution in [3.63, 3.8) is 0 Å². The van der Waals surface area contributed by atoms with Crippen molar-refractivity contribution >= 4 is 11.9 Å². The standard InChI is InChI=1S/C21H21N3O4/c1-27-20(26)14-17(15-8-4-2-5-9-15)22-18(25)12-13-19-23-24-21(28-19)16-10-6-3-7-11-16/h2-11,17H,12-14H2,1H3,(H,22,25). The summed E-state index contributed by atoms with van der Waals surface area (Å²) >= 11 is 0. The Balaban J connectivity index is 1.59. The number of esters is 1. The van der Waals surface area contributed by atoms with E-state index in [0.717, 1.165) is 11.1 Å². The van der Waals surface area contributed by atoms with Crippen molar-refractivity contribution in [2.24, 2.45) is 0 Å². The molecule has 0 bridgehead atoms. The van der Waals surface area contributed by atoms with Gasteiger partial charge in [0.15, 0.2) is 0 Å². The zero-order chi connectivity index (χ0) is 19.8. The maximum absolute atomic E-state index is 12.4. The first-order chi connectivity index (χ1) is 13.7. The first-order valence-electron chi connectivity index (χ1n) is 8.94. The van der Waals surface area contributed by atoms with Crippen molar-refractivity contribution < 1.29 is 18.7 Å². The second-order valence-electron chi connectivity index (χ2n) is 6.18. The molecular weight excluding hydrogens is 358 g/mol. The Kier molecular flexibility index (Phi) is 6.51. The van der Waals surface area contributed by atoms with Crippen LogP contribution in [-0.2, 0) is 20.7 Å². The Hall–Kier alpha value is -3.48. The quantitative estimate of drug-likeness (QED) is 0.605. The van der Waals surface area contributed by atoms with Crippen molar-refractivity contribution in [3.05, 3.63) is 72.1 Å². The average molecular weight is 379 g/mol. The van der Waals surface area contributed by atoms with Crippen LogP contribution < -0.4 is 5.32 Å². The molecule has 7 nitrogen and oxygen atoms in total. The number of aromatic nitrogens is 2. The van der Waals surface area contributed by atoms with Crippen LogP contribution >= 0.6 is 0 Å². The van der Waals surface area contributed by atoms with Crippen LogP contribution in [0.4, 0.5) is 0 Å². The molecule has 1 N–H and O–H groups in total. The minimum Gasteiger partial charge on any atom is -0.469 e. The molecule has 0 fully saturated rings. The lowest BCUT2D eigenvalue weighted by atomic mass is 10.0. The zero-order valence-electron chi connectivity index (χ0n) is 15.5. The molecule has 0 aliphatic carbocycles. The normalized spacial score (nSPS) is 11.6. The van der Waals surface area contributed by atoms with Crippen LogP contribution in [0.3, 0.4) is 0 Å². The molecule has 1 aromatic heterocycles. The number of nitrogens with one attached hydrogen (secondary N) is 1. The Morgan fingerprint density at radius 1 is 1.04 bits per heavy atom. The van der Waals surface area contributed by atoms with E-state index >= 15 is 0 Å². The number of methoxy groups -OCH3 is 1. The zero-order valence-corrected chi connectivity index (χ0v) is 15.5. The summed E-state index contributed by atoms with van der Waals surface area (Å²) in [5.74, 6) is 0.206. The first-order valence-corrected chi connectivity index (χ1v) is 8.94. The van der Waals surface area contributed by atoms with Crippen LogP contribution in [0.2, 0.25) is 0 Å². The second kappa shape index (κ2) is 9.45. The summed E-state index contributed by atoms with van der Waals surface area (Å²) in [6.45, 7) is 0. The van der Waals surface area contributed by atoms with E-state index in [1.54, 1.807) is 0 Å². The lowest BCUT2D eigenvalue weighted by Crippen LogP contribution is -2.30. The highest BCUT2D eigenvalue weighted by molar-refractivity contribution is 5.78. The highest BCUT2D eigenvalue weighted by Gasteiger charge is 2.19. The van der Waals surface area contributed by atoms with Gasteiger partial charge in [-0.1, -0.05) is 48.5 Å². The maximum Gasteiger partial charge on any atom is 0.307 e. The molecule has 1 unspecified atom stereocenters. The number of ether oxygens (including phenoxy) is 1. The van der Waals surface area contributed by atoms with Crippen molar-refractivity contribution in [2.75, 3.05) is 7.11 Å². The van der Waals surface area contributed by atoms with Gasteiger partial charge in [-0.2, -0.15) is 0 Å². The summed E-state index contributed by atoms with van der Waals surface area (Å²) in [7, 11) is 1.33. The number of amides is 1. The van der Waals surface area contributed by atoms with Gasteiger partial charge < -0.3 is 14.5 Å². The van der Waals surface area contributed by atoms with Gasteiger partial charge in [0.1, 0.15) is 0 Å². The molecule has 1 amide bonds. The fourth-order valence-corrected chi connectivity index (χ4v) is 2.73. The van der Waals surface area contributed by atoms with E-state index in [-0.39, 0.29) is 18.7 Å². The van der Waals surface area contributed by atoms with Gasteiger partial charge in [-0.3, -0.25) is 9.59 Å². The number of carbonyl (C=O) groups is 2. The third kappa shape index (κ3) is 5.26. The Bertz CT molecular complexity index is 910. The van der Waals surface area contributed by atoms with Crippen LogP contribution in [0, 0.1) is 0 Å².